The van der Waals surface area contributed by atoms with Crippen molar-refractivity contribution in [1.29, 1.82) is 0 Å². The predicted octanol–water partition coefficient (Wildman–Crippen LogP) is 3.97. The normalized spacial score (nSPS) is 13.4. The molecule has 0 saturated carbocycles. The molecule has 2 heterocycles. The molecule has 1 aliphatic heterocycles. The first-order valence-corrected chi connectivity index (χ1v) is 9.77. The summed E-state index contributed by atoms with van der Waals surface area (Å²) in [6.45, 7) is 5.20. The minimum absolute atomic E-state index is 0.0462. The van der Waals surface area contributed by atoms with Crippen LogP contribution in [0.15, 0.2) is 47.0 Å². The zero-order chi connectivity index (χ0) is 20.4. The van der Waals surface area contributed by atoms with Gasteiger partial charge in [-0.05, 0) is 68.7 Å². The number of fused-ring (bicyclic) bond motifs is 1. The Bertz CT molecular complexity index is 1010. The van der Waals surface area contributed by atoms with Crippen LogP contribution in [-0.4, -0.2) is 28.6 Å². The number of carbonyl (C=O) groups is 1. The van der Waals surface area contributed by atoms with Crippen molar-refractivity contribution in [2.45, 2.75) is 39.3 Å². The van der Waals surface area contributed by atoms with Gasteiger partial charge in [0.1, 0.15) is 5.82 Å². The topological polar surface area (TPSA) is 71.3 Å². The van der Waals surface area contributed by atoms with Crippen LogP contribution >= 0.6 is 0 Å². The highest BCUT2D eigenvalue weighted by Crippen LogP contribution is 2.31. The summed E-state index contributed by atoms with van der Waals surface area (Å²) in [5.41, 5.74) is 3.50. The smallest absolute Gasteiger partial charge is 0.251 e. The van der Waals surface area contributed by atoms with Gasteiger partial charge in [0.15, 0.2) is 0 Å². The van der Waals surface area contributed by atoms with Crippen LogP contribution in [0.3, 0.4) is 0 Å². The maximum Gasteiger partial charge on any atom is 0.251 e. The molecule has 1 amide bonds. The summed E-state index contributed by atoms with van der Waals surface area (Å²) in [7, 11) is 0. The van der Waals surface area contributed by atoms with Crippen LogP contribution < -0.4 is 10.2 Å². The minimum atomic E-state index is -0.306. The molecule has 0 atom stereocenters. The highest BCUT2D eigenvalue weighted by Gasteiger charge is 2.24. The van der Waals surface area contributed by atoms with Crippen LogP contribution in [0.5, 0.6) is 0 Å². The summed E-state index contributed by atoms with van der Waals surface area (Å²) in [5.74, 6) is 0.561. The van der Waals surface area contributed by atoms with Crippen molar-refractivity contribution in [1.82, 2.24) is 15.5 Å². The van der Waals surface area contributed by atoms with Crippen molar-refractivity contribution in [3.63, 3.8) is 0 Å². The maximum absolute atomic E-state index is 13.1. The number of rotatable bonds is 5. The summed E-state index contributed by atoms with van der Waals surface area (Å²) < 4.78 is 18.5. The fraction of sp³-hybridized carbons (Fsp3) is 0.318. The molecule has 0 unspecified atom stereocenters. The van der Waals surface area contributed by atoms with Crippen LogP contribution in [0.1, 0.15) is 42.1 Å². The number of hydrogen-bond acceptors (Lipinski definition) is 5. The zero-order valence-corrected chi connectivity index (χ0v) is 16.5. The Balaban J connectivity index is 1.56. The van der Waals surface area contributed by atoms with Gasteiger partial charge in [0.25, 0.3) is 5.91 Å². The van der Waals surface area contributed by atoms with E-state index in [0.29, 0.717) is 23.8 Å². The van der Waals surface area contributed by atoms with Crippen molar-refractivity contribution in [3.8, 4) is 11.4 Å². The highest BCUT2D eigenvalue weighted by molar-refractivity contribution is 5.97. The van der Waals surface area contributed by atoms with Crippen molar-refractivity contribution in [3.05, 3.63) is 65.3 Å². The van der Waals surface area contributed by atoms with E-state index in [2.05, 4.69) is 20.4 Å². The van der Waals surface area contributed by atoms with Gasteiger partial charge in [-0.2, -0.15) is 4.98 Å². The fourth-order valence-corrected chi connectivity index (χ4v) is 3.62. The second-order valence-electron chi connectivity index (χ2n) is 7.48. The molecule has 0 aliphatic carbocycles. The third-order valence-corrected chi connectivity index (χ3v) is 4.91. The minimum Gasteiger partial charge on any atom is -0.362 e. The molecule has 0 spiro atoms. The summed E-state index contributed by atoms with van der Waals surface area (Å²) in [4.78, 5) is 19.2. The summed E-state index contributed by atoms with van der Waals surface area (Å²) >= 11 is 0. The Morgan fingerprint density at radius 3 is 2.79 bits per heavy atom. The molecule has 0 fully saturated rings. The third-order valence-electron chi connectivity index (χ3n) is 4.91. The van der Waals surface area contributed by atoms with Crippen LogP contribution in [0.25, 0.3) is 11.4 Å². The molecular weight excluding hydrogens is 371 g/mol. The summed E-state index contributed by atoms with van der Waals surface area (Å²) in [6, 6.07) is 11.9. The number of nitrogens with zero attached hydrogens (tertiary/aromatic N) is 3. The summed E-state index contributed by atoms with van der Waals surface area (Å²) in [5, 5.41) is 6.99. The molecule has 3 aromatic rings. The first-order valence-electron chi connectivity index (χ1n) is 9.77. The Morgan fingerprint density at radius 2 is 2.03 bits per heavy atom. The molecule has 2 aromatic carbocycles. The van der Waals surface area contributed by atoms with Crippen molar-refractivity contribution >= 4 is 11.6 Å². The molecule has 7 heteroatoms. The molecule has 0 saturated heterocycles. The van der Waals surface area contributed by atoms with E-state index < -0.39 is 0 Å². The fourth-order valence-electron chi connectivity index (χ4n) is 3.62. The number of nitrogens with one attached hydrogen (secondary N) is 1. The van der Waals surface area contributed by atoms with Crippen molar-refractivity contribution in [2.24, 2.45) is 0 Å². The average molecular weight is 394 g/mol. The number of benzene rings is 2. The second kappa shape index (κ2) is 8.03. The van der Waals surface area contributed by atoms with E-state index in [-0.39, 0.29) is 17.8 Å². The van der Waals surface area contributed by atoms with Crippen LogP contribution in [0.2, 0.25) is 0 Å². The van der Waals surface area contributed by atoms with E-state index in [1.807, 2.05) is 32.0 Å². The lowest BCUT2D eigenvalue weighted by atomic mass is 9.95. The molecule has 0 radical (unpaired) electrons. The lowest BCUT2D eigenvalue weighted by Gasteiger charge is -2.31. The average Bonchev–Trinajstić information content (AvgIpc) is 3.16. The van der Waals surface area contributed by atoms with Gasteiger partial charge in [-0.1, -0.05) is 11.2 Å². The van der Waals surface area contributed by atoms with Gasteiger partial charge >= 0.3 is 0 Å². The first kappa shape index (κ1) is 19.1. The second-order valence-corrected chi connectivity index (χ2v) is 7.48. The Hall–Kier alpha value is -3.22. The van der Waals surface area contributed by atoms with E-state index in [4.69, 9.17) is 4.52 Å². The Labute approximate surface area is 168 Å². The van der Waals surface area contributed by atoms with Gasteiger partial charge < -0.3 is 14.7 Å². The van der Waals surface area contributed by atoms with Crippen molar-refractivity contribution in [2.75, 3.05) is 11.4 Å². The maximum atomic E-state index is 13.1. The number of halogens is 1. The van der Waals surface area contributed by atoms with Gasteiger partial charge in [-0.15, -0.1) is 0 Å². The van der Waals surface area contributed by atoms with E-state index in [9.17, 15) is 9.18 Å². The SMILES string of the molecule is CC(C)NC(=O)c1cccc2c1CCCN2Cc1nc(-c2ccc(F)cc2)no1. The monoisotopic (exact) mass is 394 g/mol. The number of carbonyl (C=O) groups excluding carboxylic acids is 1. The molecule has 1 N–H and O–H groups in total. The standard InChI is InChI=1S/C22H23FN4O2/c1-14(2)24-22(28)18-5-3-7-19-17(18)6-4-12-27(19)13-20-25-21(26-29-20)15-8-10-16(23)11-9-15/h3,5,7-11,14H,4,6,12-13H2,1-2H3,(H,24,28). The van der Waals surface area contributed by atoms with E-state index in [0.717, 1.165) is 36.2 Å². The molecule has 1 aliphatic rings. The lowest BCUT2D eigenvalue weighted by molar-refractivity contribution is 0.0942. The van der Waals surface area contributed by atoms with Gasteiger partial charge in [0, 0.05) is 29.4 Å². The van der Waals surface area contributed by atoms with Crippen LogP contribution in [-0.2, 0) is 13.0 Å². The Morgan fingerprint density at radius 1 is 1.24 bits per heavy atom. The van der Waals surface area contributed by atoms with Gasteiger partial charge in [-0.25, -0.2) is 4.39 Å². The molecule has 29 heavy (non-hydrogen) atoms. The van der Waals surface area contributed by atoms with Gasteiger partial charge in [0.05, 0.1) is 6.54 Å². The van der Waals surface area contributed by atoms with Gasteiger partial charge in [-0.3, -0.25) is 4.79 Å². The molecule has 6 nitrogen and oxygen atoms in total. The largest absolute Gasteiger partial charge is 0.362 e. The predicted molar refractivity (Wildman–Crippen MR) is 108 cm³/mol. The number of amides is 1. The van der Waals surface area contributed by atoms with Gasteiger partial charge in [0.2, 0.25) is 11.7 Å². The number of anilines is 1. The van der Waals surface area contributed by atoms with Crippen LogP contribution in [0, 0.1) is 5.82 Å². The van der Waals surface area contributed by atoms with E-state index in [1.165, 1.54) is 12.1 Å². The Kier molecular flexibility index (Phi) is 5.29. The molecule has 0 bridgehead atoms. The molecule has 150 valence electrons. The summed E-state index contributed by atoms with van der Waals surface area (Å²) in [6.07, 6.45) is 1.80. The quantitative estimate of drug-likeness (QED) is 0.709. The lowest BCUT2D eigenvalue weighted by Crippen LogP contribution is -2.34. The number of hydrogen-bond donors (Lipinski definition) is 1. The molecular formula is C22H23FN4O2. The molecule has 1 aromatic heterocycles. The van der Waals surface area contributed by atoms with E-state index in [1.54, 1.807) is 12.1 Å². The first-order chi connectivity index (χ1) is 14.0. The van der Waals surface area contributed by atoms with Crippen LogP contribution in [0.4, 0.5) is 10.1 Å². The van der Waals surface area contributed by atoms with Crippen molar-refractivity contribution < 1.29 is 13.7 Å². The van der Waals surface area contributed by atoms with E-state index >= 15 is 0 Å². The number of aromatic nitrogens is 2. The zero-order valence-electron chi connectivity index (χ0n) is 16.5. The molecule has 4 rings (SSSR count). The third kappa shape index (κ3) is 4.13. The highest BCUT2D eigenvalue weighted by atomic mass is 19.1.